The molecule has 1 amide bonds. The van der Waals surface area contributed by atoms with Crippen molar-refractivity contribution >= 4 is 23.1 Å². The first kappa shape index (κ1) is 15.7. The van der Waals surface area contributed by atoms with Gasteiger partial charge in [-0.3, -0.25) is 4.79 Å². The third-order valence-electron chi connectivity index (χ3n) is 3.73. The summed E-state index contributed by atoms with van der Waals surface area (Å²) in [6, 6.07) is 2.12. The first-order valence-electron chi connectivity index (χ1n) is 7.75. The highest BCUT2D eigenvalue weighted by molar-refractivity contribution is 7.07. The Morgan fingerprint density at radius 2 is 2.35 bits per heavy atom. The van der Waals surface area contributed by atoms with E-state index < -0.39 is 0 Å². The molecule has 7 heteroatoms. The van der Waals surface area contributed by atoms with Crippen LogP contribution in [0.5, 0.6) is 5.88 Å². The largest absolute Gasteiger partial charge is 0.475 e. The number of amides is 1. The van der Waals surface area contributed by atoms with Crippen molar-refractivity contribution in [3.8, 4) is 5.88 Å². The van der Waals surface area contributed by atoms with Crippen LogP contribution in [0, 0.1) is 0 Å². The Bertz CT molecular complexity index is 647. The van der Waals surface area contributed by atoms with Gasteiger partial charge in [-0.15, -0.1) is 0 Å². The third-order valence-corrected chi connectivity index (χ3v) is 4.46. The maximum absolute atomic E-state index is 12.1. The Hall–Kier alpha value is -2.15. The second kappa shape index (κ2) is 7.41. The van der Waals surface area contributed by atoms with Gasteiger partial charge >= 0.3 is 0 Å². The summed E-state index contributed by atoms with van der Waals surface area (Å²) in [6.45, 7) is 4.05. The van der Waals surface area contributed by atoms with E-state index in [0.29, 0.717) is 18.9 Å². The molecule has 0 aromatic carbocycles. The molecule has 1 aliphatic heterocycles. The van der Waals surface area contributed by atoms with Crippen LogP contribution in [0.1, 0.15) is 18.9 Å². The highest BCUT2D eigenvalue weighted by Gasteiger charge is 2.27. The van der Waals surface area contributed by atoms with Crippen molar-refractivity contribution in [2.75, 3.05) is 24.6 Å². The number of anilines is 1. The molecular formula is C16H20N4O2S. The van der Waals surface area contributed by atoms with Gasteiger partial charge in [0.05, 0.1) is 13.0 Å². The van der Waals surface area contributed by atoms with E-state index in [1.54, 1.807) is 23.7 Å². The summed E-state index contributed by atoms with van der Waals surface area (Å²) in [7, 11) is 0. The monoisotopic (exact) mass is 332 g/mol. The molecule has 0 bridgehead atoms. The molecule has 0 aliphatic carbocycles. The molecule has 3 heterocycles. The summed E-state index contributed by atoms with van der Waals surface area (Å²) in [5, 5.41) is 7.10. The maximum atomic E-state index is 12.1. The molecule has 1 atom stereocenters. The Kier molecular flexibility index (Phi) is 5.07. The van der Waals surface area contributed by atoms with E-state index in [0.717, 1.165) is 30.9 Å². The molecule has 1 saturated heterocycles. The molecule has 6 nitrogen and oxygen atoms in total. The van der Waals surface area contributed by atoms with E-state index in [-0.39, 0.29) is 11.9 Å². The minimum Gasteiger partial charge on any atom is -0.475 e. The molecular weight excluding hydrogens is 312 g/mol. The molecule has 0 radical (unpaired) electrons. The van der Waals surface area contributed by atoms with Gasteiger partial charge in [0, 0.05) is 31.5 Å². The maximum Gasteiger partial charge on any atom is 0.257 e. The SMILES string of the molecule is CCOc1nccnc1N1CC[C@@H](NC(=O)Cc2ccsc2)C1. The van der Waals surface area contributed by atoms with Crippen LogP contribution in [0.2, 0.25) is 0 Å². The summed E-state index contributed by atoms with van der Waals surface area (Å²) < 4.78 is 5.53. The van der Waals surface area contributed by atoms with Gasteiger partial charge in [0.25, 0.3) is 5.88 Å². The fourth-order valence-electron chi connectivity index (χ4n) is 2.70. The minimum atomic E-state index is 0.0689. The molecule has 1 aliphatic rings. The number of rotatable bonds is 6. The lowest BCUT2D eigenvalue weighted by Gasteiger charge is -2.19. The van der Waals surface area contributed by atoms with Crippen LogP contribution in [0.25, 0.3) is 0 Å². The molecule has 0 unspecified atom stereocenters. The average molecular weight is 332 g/mol. The Labute approximate surface area is 139 Å². The van der Waals surface area contributed by atoms with Gasteiger partial charge in [0.2, 0.25) is 5.91 Å². The Balaban J connectivity index is 1.57. The third kappa shape index (κ3) is 3.98. The number of hydrogen-bond donors (Lipinski definition) is 1. The zero-order chi connectivity index (χ0) is 16.1. The van der Waals surface area contributed by atoms with Crippen molar-refractivity contribution in [2.45, 2.75) is 25.8 Å². The molecule has 2 aromatic heterocycles. The van der Waals surface area contributed by atoms with Crippen molar-refractivity contribution in [3.63, 3.8) is 0 Å². The molecule has 23 heavy (non-hydrogen) atoms. The molecule has 2 aromatic rings. The van der Waals surface area contributed by atoms with Crippen molar-refractivity contribution in [3.05, 3.63) is 34.8 Å². The van der Waals surface area contributed by atoms with Crippen LogP contribution in [0.15, 0.2) is 29.2 Å². The smallest absolute Gasteiger partial charge is 0.257 e. The lowest BCUT2D eigenvalue weighted by atomic mass is 10.2. The summed E-state index contributed by atoms with van der Waals surface area (Å²) in [6.07, 6.45) is 4.64. The van der Waals surface area contributed by atoms with E-state index in [1.807, 2.05) is 23.8 Å². The molecule has 122 valence electrons. The summed E-state index contributed by atoms with van der Waals surface area (Å²) in [5.41, 5.74) is 1.06. The minimum absolute atomic E-state index is 0.0689. The van der Waals surface area contributed by atoms with Crippen molar-refractivity contribution in [2.24, 2.45) is 0 Å². The van der Waals surface area contributed by atoms with E-state index >= 15 is 0 Å². The van der Waals surface area contributed by atoms with Gasteiger partial charge in [0.1, 0.15) is 0 Å². The predicted octanol–water partition coefficient (Wildman–Crippen LogP) is 1.87. The first-order valence-corrected chi connectivity index (χ1v) is 8.69. The standard InChI is InChI=1S/C16H20N4O2S/c1-2-22-16-15(17-5-6-18-16)20-7-3-13(10-20)19-14(21)9-12-4-8-23-11-12/h4-6,8,11,13H,2-3,7,9-10H2,1H3,(H,19,21)/t13-/m1/s1. The molecule has 0 spiro atoms. The van der Waals surface area contributed by atoms with E-state index in [9.17, 15) is 4.79 Å². The van der Waals surface area contributed by atoms with Crippen LogP contribution >= 0.6 is 11.3 Å². The number of carbonyl (C=O) groups is 1. The number of nitrogens with one attached hydrogen (secondary N) is 1. The molecule has 0 saturated carbocycles. The van der Waals surface area contributed by atoms with Gasteiger partial charge in [-0.1, -0.05) is 0 Å². The van der Waals surface area contributed by atoms with Crippen molar-refractivity contribution in [1.82, 2.24) is 15.3 Å². The zero-order valence-electron chi connectivity index (χ0n) is 13.1. The average Bonchev–Trinajstić information content (AvgIpc) is 3.20. The number of ether oxygens (including phenoxy) is 1. The highest BCUT2D eigenvalue weighted by atomic mass is 32.1. The number of nitrogens with zero attached hydrogens (tertiary/aromatic N) is 3. The summed E-state index contributed by atoms with van der Waals surface area (Å²) in [4.78, 5) is 22.8. The van der Waals surface area contributed by atoms with E-state index in [4.69, 9.17) is 4.74 Å². The molecule has 1 fully saturated rings. The van der Waals surface area contributed by atoms with Crippen molar-refractivity contribution in [1.29, 1.82) is 0 Å². The van der Waals surface area contributed by atoms with E-state index in [1.165, 1.54) is 0 Å². The lowest BCUT2D eigenvalue weighted by Crippen LogP contribution is -2.38. The van der Waals surface area contributed by atoms with Gasteiger partial charge in [-0.05, 0) is 35.7 Å². The topological polar surface area (TPSA) is 67.4 Å². The van der Waals surface area contributed by atoms with Gasteiger partial charge in [-0.2, -0.15) is 11.3 Å². The first-order chi connectivity index (χ1) is 11.3. The van der Waals surface area contributed by atoms with Crippen LogP contribution in [-0.2, 0) is 11.2 Å². The Morgan fingerprint density at radius 1 is 1.48 bits per heavy atom. The quantitative estimate of drug-likeness (QED) is 0.875. The van der Waals surface area contributed by atoms with Crippen LogP contribution in [0.3, 0.4) is 0 Å². The fraction of sp³-hybridized carbons (Fsp3) is 0.438. The molecule has 3 rings (SSSR count). The number of hydrogen-bond acceptors (Lipinski definition) is 6. The number of carbonyl (C=O) groups excluding carboxylic acids is 1. The molecule has 1 N–H and O–H groups in total. The normalized spacial score (nSPS) is 17.3. The number of thiophene rings is 1. The lowest BCUT2D eigenvalue weighted by molar-refractivity contribution is -0.121. The van der Waals surface area contributed by atoms with Crippen LogP contribution in [-0.4, -0.2) is 41.6 Å². The highest BCUT2D eigenvalue weighted by Crippen LogP contribution is 2.26. The van der Waals surface area contributed by atoms with Crippen molar-refractivity contribution < 1.29 is 9.53 Å². The second-order valence-electron chi connectivity index (χ2n) is 5.43. The predicted molar refractivity (Wildman–Crippen MR) is 90.0 cm³/mol. The van der Waals surface area contributed by atoms with Gasteiger partial charge in [0.15, 0.2) is 5.82 Å². The van der Waals surface area contributed by atoms with Crippen LogP contribution < -0.4 is 15.0 Å². The van der Waals surface area contributed by atoms with Gasteiger partial charge < -0.3 is 15.0 Å². The van der Waals surface area contributed by atoms with Crippen LogP contribution in [0.4, 0.5) is 5.82 Å². The fourth-order valence-corrected chi connectivity index (χ4v) is 3.37. The second-order valence-corrected chi connectivity index (χ2v) is 6.21. The van der Waals surface area contributed by atoms with E-state index in [2.05, 4.69) is 20.2 Å². The zero-order valence-corrected chi connectivity index (χ0v) is 13.9. The summed E-state index contributed by atoms with van der Waals surface area (Å²) in [5.74, 6) is 1.38. The Morgan fingerprint density at radius 3 is 3.13 bits per heavy atom. The van der Waals surface area contributed by atoms with Gasteiger partial charge in [-0.25, -0.2) is 9.97 Å². The summed E-state index contributed by atoms with van der Waals surface area (Å²) >= 11 is 1.61. The number of aromatic nitrogens is 2.